The molecule has 1 heterocycles. The van der Waals surface area contributed by atoms with Gasteiger partial charge in [0, 0.05) is 0 Å². The largest absolute Gasteiger partial charge is 0.393 e. The summed E-state index contributed by atoms with van der Waals surface area (Å²) in [6, 6.07) is 0. The maximum atomic E-state index is 12.3. The maximum Gasteiger partial charge on any atom is 0.317 e. The molecule has 1 aliphatic heterocycles. The van der Waals surface area contributed by atoms with Gasteiger partial charge in [-0.25, -0.2) is 0 Å². The van der Waals surface area contributed by atoms with Crippen molar-refractivity contribution in [1.29, 1.82) is 0 Å². The molecule has 1 rings (SSSR count). The highest BCUT2D eigenvalue weighted by Crippen LogP contribution is 2.51. The third kappa shape index (κ3) is 3.07. The second-order valence-electron chi connectivity index (χ2n) is 7.55. The van der Waals surface area contributed by atoms with Crippen molar-refractivity contribution in [2.24, 2.45) is 28.6 Å². The predicted molar refractivity (Wildman–Crippen MR) is 80.0 cm³/mol. The second kappa shape index (κ2) is 5.87. The Kier molecular flexibility index (Phi) is 5.04. The van der Waals surface area contributed by atoms with Crippen LogP contribution in [0.4, 0.5) is 0 Å². The van der Waals surface area contributed by atoms with E-state index in [1.165, 1.54) is 0 Å². The van der Waals surface area contributed by atoms with Gasteiger partial charge in [0.25, 0.3) is 0 Å². The summed E-state index contributed by atoms with van der Waals surface area (Å²) in [5.41, 5.74) is -0.200. The van der Waals surface area contributed by atoms with Gasteiger partial charge >= 0.3 is 11.9 Å². The molecule has 0 aliphatic carbocycles. The molecule has 0 bridgehead atoms. The number of ether oxygens (including phenoxy) is 1. The standard InChI is InChI=1S/C17H30O3/c1-8-11(3)17(6,7)12-10-13(18)20-15(19)14(12)16(4,5)9-2/h11-12,14H,8-10H2,1-7H3. The van der Waals surface area contributed by atoms with Crippen molar-refractivity contribution in [2.45, 2.75) is 67.7 Å². The molecular weight excluding hydrogens is 252 g/mol. The summed E-state index contributed by atoms with van der Waals surface area (Å²) in [4.78, 5) is 24.1. The molecule has 3 unspecified atom stereocenters. The SMILES string of the molecule is CCC(C)C(C)(C)C1CC(=O)OC(=O)C1C(C)(C)CC. The van der Waals surface area contributed by atoms with Crippen molar-refractivity contribution in [2.75, 3.05) is 0 Å². The van der Waals surface area contributed by atoms with Gasteiger partial charge in [-0.05, 0) is 22.7 Å². The van der Waals surface area contributed by atoms with E-state index in [1.807, 2.05) is 0 Å². The third-order valence-corrected chi connectivity index (χ3v) is 5.85. The molecule has 0 spiro atoms. The molecule has 3 atom stereocenters. The third-order valence-electron chi connectivity index (χ3n) is 5.85. The van der Waals surface area contributed by atoms with Crippen LogP contribution in [0.3, 0.4) is 0 Å². The van der Waals surface area contributed by atoms with Gasteiger partial charge in [0.15, 0.2) is 0 Å². The quantitative estimate of drug-likeness (QED) is 0.560. The van der Waals surface area contributed by atoms with Gasteiger partial charge in [0.05, 0.1) is 12.3 Å². The van der Waals surface area contributed by atoms with Gasteiger partial charge in [-0.3, -0.25) is 9.59 Å². The number of hydrogen-bond acceptors (Lipinski definition) is 3. The topological polar surface area (TPSA) is 43.4 Å². The monoisotopic (exact) mass is 282 g/mol. The Bertz CT molecular complexity index is 382. The predicted octanol–water partition coefficient (Wildman–Crippen LogP) is 4.20. The summed E-state index contributed by atoms with van der Waals surface area (Å²) < 4.78 is 4.95. The van der Waals surface area contributed by atoms with Crippen molar-refractivity contribution < 1.29 is 14.3 Å². The summed E-state index contributed by atoms with van der Waals surface area (Å²) in [5, 5.41) is 0. The molecule has 0 amide bonds. The Hall–Kier alpha value is -0.860. The Balaban J connectivity index is 3.22. The maximum absolute atomic E-state index is 12.3. The van der Waals surface area contributed by atoms with E-state index in [-0.39, 0.29) is 34.6 Å². The van der Waals surface area contributed by atoms with Gasteiger partial charge in [-0.15, -0.1) is 0 Å². The first kappa shape index (κ1) is 17.2. The van der Waals surface area contributed by atoms with Gasteiger partial charge in [0.2, 0.25) is 0 Å². The molecule has 0 aromatic heterocycles. The van der Waals surface area contributed by atoms with E-state index in [2.05, 4.69) is 48.5 Å². The number of carbonyl (C=O) groups excluding carboxylic acids is 2. The highest BCUT2D eigenvalue weighted by molar-refractivity contribution is 5.90. The van der Waals surface area contributed by atoms with Gasteiger partial charge in [-0.1, -0.05) is 61.3 Å². The van der Waals surface area contributed by atoms with Crippen LogP contribution in [0.2, 0.25) is 0 Å². The first-order valence-electron chi connectivity index (χ1n) is 7.82. The number of cyclic esters (lactones) is 2. The molecular formula is C17H30O3. The lowest BCUT2D eigenvalue weighted by atomic mass is 9.57. The highest BCUT2D eigenvalue weighted by Gasteiger charge is 2.52. The summed E-state index contributed by atoms with van der Waals surface area (Å²) >= 11 is 0. The van der Waals surface area contributed by atoms with E-state index in [0.29, 0.717) is 12.3 Å². The molecule has 3 nitrogen and oxygen atoms in total. The van der Waals surface area contributed by atoms with Crippen LogP contribution in [0.25, 0.3) is 0 Å². The lowest BCUT2D eigenvalue weighted by Crippen LogP contribution is -2.50. The fourth-order valence-electron chi connectivity index (χ4n) is 3.35. The normalized spacial score (nSPS) is 26.4. The Labute approximate surface area is 123 Å². The molecule has 0 aromatic rings. The highest BCUT2D eigenvalue weighted by atomic mass is 16.6. The smallest absolute Gasteiger partial charge is 0.317 e. The van der Waals surface area contributed by atoms with Crippen LogP contribution in [0, 0.1) is 28.6 Å². The first-order valence-corrected chi connectivity index (χ1v) is 7.82. The fraction of sp³-hybridized carbons (Fsp3) is 0.882. The summed E-state index contributed by atoms with van der Waals surface area (Å²) in [7, 11) is 0. The van der Waals surface area contributed by atoms with E-state index < -0.39 is 0 Å². The number of esters is 2. The van der Waals surface area contributed by atoms with E-state index in [4.69, 9.17) is 4.74 Å². The molecule has 0 N–H and O–H groups in total. The van der Waals surface area contributed by atoms with Crippen molar-refractivity contribution in [3.05, 3.63) is 0 Å². The van der Waals surface area contributed by atoms with Crippen LogP contribution in [0.15, 0.2) is 0 Å². The van der Waals surface area contributed by atoms with E-state index in [9.17, 15) is 9.59 Å². The zero-order valence-electron chi connectivity index (χ0n) is 14.1. The molecule has 0 radical (unpaired) electrons. The van der Waals surface area contributed by atoms with Gasteiger partial charge < -0.3 is 4.74 Å². The van der Waals surface area contributed by atoms with Crippen LogP contribution in [0.1, 0.15) is 67.7 Å². The Morgan fingerprint density at radius 2 is 1.75 bits per heavy atom. The molecule has 3 heteroatoms. The van der Waals surface area contributed by atoms with Crippen LogP contribution < -0.4 is 0 Å². The average Bonchev–Trinajstić information content (AvgIpc) is 2.36. The van der Waals surface area contributed by atoms with E-state index in [0.717, 1.165) is 12.8 Å². The van der Waals surface area contributed by atoms with Crippen LogP contribution in [0.5, 0.6) is 0 Å². The minimum Gasteiger partial charge on any atom is -0.393 e. The minimum atomic E-state index is -0.362. The molecule has 0 saturated carbocycles. The van der Waals surface area contributed by atoms with E-state index in [1.54, 1.807) is 0 Å². The number of hydrogen-bond donors (Lipinski definition) is 0. The molecule has 116 valence electrons. The zero-order chi connectivity index (χ0) is 15.7. The molecule has 1 saturated heterocycles. The van der Waals surface area contributed by atoms with Crippen molar-refractivity contribution in [3.8, 4) is 0 Å². The molecule has 0 aromatic carbocycles. The van der Waals surface area contributed by atoms with Gasteiger partial charge in [0.1, 0.15) is 0 Å². The van der Waals surface area contributed by atoms with Crippen molar-refractivity contribution in [3.63, 3.8) is 0 Å². The number of carbonyl (C=O) groups is 2. The minimum absolute atomic E-state index is 0.0546. The molecule has 1 fully saturated rings. The van der Waals surface area contributed by atoms with Crippen LogP contribution in [-0.4, -0.2) is 11.9 Å². The summed E-state index contributed by atoms with van der Waals surface area (Å²) in [5.74, 6) is -0.370. The van der Waals surface area contributed by atoms with Crippen molar-refractivity contribution >= 4 is 11.9 Å². The molecule has 1 aliphatic rings. The van der Waals surface area contributed by atoms with E-state index >= 15 is 0 Å². The van der Waals surface area contributed by atoms with Crippen molar-refractivity contribution in [1.82, 2.24) is 0 Å². The van der Waals surface area contributed by atoms with Crippen LogP contribution >= 0.6 is 0 Å². The lowest BCUT2D eigenvalue weighted by Gasteiger charge is -2.48. The van der Waals surface area contributed by atoms with Gasteiger partial charge in [-0.2, -0.15) is 0 Å². The average molecular weight is 282 g/mol. The molecule has 20 heavy (non-hydrogen) atoms. The Morgan fingerprint density at radius 3 is 2.20 bits per heavy atom. The summed E-state index contributed by atoms with van der Waals surface area (Å²) in [6.07, 6.45) is 2.30. The van der Waals surface area contributed by atoms with Crippen LogP contribution in [-0.2, 0) is 14.3 Å². The zero-order valence-corrected chi connectivity index (χ0v) is 14.1. The fourth-order valence-corrected chi connectivity index (χ4v) is 3.35. The summed E-state index contributed by atoms with van der Waals surface area (Å²) in [6.45, 7) is 15.1. The number of rotatable bonds is 5. The first-order chi connectivity index (χ1) is 9.07. The Morgan fingerprint density at radius 1 is 1.20 bits per heavy atom. The second-order valence-corrected chi connectivity index (χ2v) is 7.55. The lowest BCUT2D eigenvalue weighted by molar-refractivity contribution is -0.181.